The molecule has 3 aromatic carbocycles. The molecule has 0 saturated heterocycles. The molecule has 28 heavy (non-hydrogen) atoms. The molecular weight excluding hydrogens is 353 g/mol. The average Bonchev–Trinajstić information content (AvgIpc) is 3.05. The van der Waals surface area contributed by atoms with Gasteiger partial charge in [-0.25, -0.2) is 4.39 Å². The van der Waals surface area contributed by atoms with E-state index in [1.807, 2.05) is 34.9 Å². The number of ether oxygens (including phenoxy) is 1. The highest BCUT2D eigenvalue weighted by atomic mass is 19.1. The minimum atomic E-state index is -1.22. The van der Waals surface area contributed by atoms with Crippen molar-refractivity contribution in [1.82, 2.24) is 4.57 Å². The van der Waals surface area contributed by atoms with Crippen LogP contribution in [0.3, 0.4) is 0 Å². The maximum absolute atomic E-state index is 14.7. The lowest BCUT2D eigenvalue weighted by atomic mass is 10.1. The molecule has 0 saturated carbocycles. The van der Waals surface area contributed by atoms with E-state index in [4.69, 9.17) is 4.74 Å². The number of rotatable bonds is 5. The Kier molecular flexibility index (Phi) is 4.66. The number of aromatic nitrogens is 1. The SMILES string of the molecule is N#Cc1ccc2c(c1)c1cc(C#N)ccc1n2CC(F)COc1ccccc1. The number of nitrogens with zero attached hydrogens (tertiary/aromatic N) is 3. The fraction of sp³-hybridized carbons (Fsp3) is 0.130. The minimum absolute atomic E-state index is 0.0578. The molecule has 0 aliphatic carbocycles. The van der Waals surface area contributed by atoms with Crippen LogP contribution in [0.2, 0.25) is 0 Å². The zero-order valence-electron chi connectivity index (χ0n) is 15.0. The van der Waals surface area contributed by atoms with Crippen LogP contribution in [0.25, 0.3) is 21.8 Å². The standard InChI is InChI=1S/C23H16FN3O/c24-18(15-28-19-4-2-1-3-5-19)14-27-22-8-6-16(12-25)10-20(22)21-11-17(13-26)7-9-23(21)27/h1-11,18H,14-15H2. The molecule has 0 bridgehead atoms. The highest BCUT2D eigenvalue weighted by Gasteiger charge is 2.16. The summed E-state index contributed by atoms with van der Waals surface area (Å²) < 4.78 is 22.2. The van der Waals surface area contributed by atoms with Crippen molar-refractivity contribution in [1.29, 1.82) is 10.5 Å². The molecule has 1 aromatic heterocycles. The third kappa shape index (κ3) is 3.26. The molecule has 4 aromatic rings. The van der Waals surface area contributed by atoms with Gasteiger partial charge in [0.05, 0.1) is 29.8 Å². The van der Waals surface area contributed by atoms with E-state index in [1.165, 1.54) is 0 Å². The van der Waals surface area contributed by atoms with Crippen LogP contribution >= 0.6 is 0 Å². The van der Waals surface area contributed by atoms with Gasteiger partial charge in [-0.3, -0.25) is 0 Å². The second-order valence-electron chi connectivity index (χ2n) is 6.52. The van der Waals surface area contributed by atoms with Crippen molar-refractivity contribution in [3.05, 3.63) is 77.9 Å². The first-order valence-corrected chi connectivity index (χ1v) is 8.87. The summed E-state index contributed by atoms with van der Waals surface area (Å²) in [7, 11) is 0. The van der Waals surface area contributed by atoms with Crippen molar-refractivity contribution in [3.8, 4) is 17.9 Å². The van der Waals surface area contributed by atoms with Crippen LogP contribution in [-0.2, 0) is 6.54 Å². The Bertz CT molecular complexity index is 1160. The summed E-state index contributed by atoms with van der Waals surface area (Å²) in [5, 5.41) is 20.1. The summed E-state index contributed by atoms with van der Waals surface area (Å²) >= 11 is 0. The molecule has 0 spiro atoms. The summed E-state index contributed by atoms with van der Waals surface area (Å²) in [6.45, 7) is 0.0579. The Morgan fingerprint density at radius 1 is 0.857 bits per heavy atom. The highest BCUT2D eigenvalue weighted by molar-refractivity contribution is 6.08. The predicted octanol–water partition coefficient (Wildman–Crippen LogP) is 4.95. The van der Waals surface area contributed by atoms with Crippen LogP contribution in [0.4, 0.5) is 4.39 Å². The van der Waals surface area contributed by atoms with Crippen molar-refractivity contribution in [2.24, 2.45) is 0 Å². The molecule has 0 fully saturated rings. The molecule has 1 heterocycles. The number of para-hydroxylation sites is 1. The molecule has 1 atom stereocenters. The lowest BCUT2D eigenvalue weighted by Crippen LogP contribution is -2.19. The van der Waals surface area contributed by atoms with E-state index >= 15 is 0 Å². The fourth-order valence-electron chi connectivity index (χ4n) is 3.39. The van der Waals surface area contributed by atoms with E-state index < -0.39 is 6.17 Å². The maximum atomic E-state index is 14.7. The second-order valence-corrected chi connectivity index (χ2v) is 6.52. The number of halogens is 1. The van der Waals surface area contributed by atoms with Crippen LogP contribution in [0.15, 0.2) is 66.7 Å². The second kappa shape index (κ2) is 7.42. The summed E-state index contributed by atoms with van der Waals surface area (Å²) in [6.07, 6.45) is -1.22. The molecule has 4 nitrogen and oxygen atoms in total. The zero-order chi connectivity index (χ0) is 19.5. The molecule has 136 valence electrons. The normalized spacial score (nSPS) is 11.8. The summed E-state index contributed by atoms with van der Waals surface area (Å²) in [5.74, 6) is 0.629. The Balaban J connectivity index is 1.71. The van der Waals surface area contributed by atoms with Crippen molar-refractivity contribution >= 4 is 21.8 Å². The number of benzene rings is 3. The Morgan fingerprint density at radius 2 is 1.43 bits per heavy atom. The molecule has 0 N–H and O–H groups in total. The number of hydrogen-bond donors (Lipinski definition) is 0. The lowest BCUT2D eigenvalue weighted by molar-refractivity contribution is 0.181. The van der Waals surface area contributed by atoms with Gasteiger partial charge in [0, 0.05) is 21.8 Å². The molecule has 4 rings (SSSR count). The van der Waals surface area contributed by atoms with Gasteiger partial charge in [0.1, 0.15) is 12.4 Å². The number of nitriles is 2. The average molecular weight is 369 g/mol. The third-order valence-corrected chi connectivity index (χ3v) is 4.68. The van der Waals surface area contributed by atoms with E-state index in [2.05, 4.69) is 12.1 Å². The molecule has 0 aliphatic rings. The summed E-state index contributed by atoms with van der Waals surface area (Å²) in [4.78, 5) is 0. The molecule has 1 unspecified atom stereocenters. The van der Waals surface area contributed by atoms with Gasteiger partial charge in [-0.1, -0.05) is 18.2 Å². The van der Waals surface area contributed by atoms with E-state index in [1.54, 1.807) is 36.4 Å². The van der Waals surface area contributed by atoms with Crippen LogP contribution in [0.1, 0.15) is 11.1 Å². The van der Waals surface area contributed by atoms with E-state index in [0.29, 0.717) is 16.9 Å². The minimum Gasteiger partial charge on any atom is -0.490 e. The van der Waals surface area contributed by atoms with Gasteiger partial charge in [-0.05, 0) is 48.5 Å². The molecule has 0 amide bonds. The van der Waals surface area contributed by atoms with Gasteiger partial charge >= 0.3 is 0 Å². The van der Waals surface area contributed by atoms with Crippen LogP contribution < -0.4 is 4.74 Å². The smallest absolute Gasteiger partial charge is 0.152 e. The highest BCUT2D eigenvalue weighted by Crippen LogP contribution is 2.31. The molecule has 5 heteroatoms. The van der Waals surface area contributed by atoms with Crippen molar-refractivity contribution in [2.45, 2.75) is 12.7 Å². The van der Waals surface area contributed by atoms with Gasteiger partial charge < -0.3 is 9.30 Å². The lowest BCUT2D eigenvalue weighted by Gasteiger charge is -2.13. The van der Waals surface area contributed by atoms with E-state index in [-0.39, 0.29) is 13.2 Å². The zero-order valence-corrected chi connectivity index (χ0v) is 15.0. The number of alkyl halides is 1. The van der Waals surface area contributed by atoms with Crippen molar-refractivity contribution in [2.75, 3.05) is 6.61 Å². The van der Waals surface area contributed by atoms with E-state index in [0.717, 1.165) is 21.8 Å². The predicted molar refractivity (Wildman–Crippen MR) is 106 cm³/mol. The van der Waals surface area contributed by atoms with Gasteiger partial charge in [-0.2, -0.15) is 10.5 Å². The largest absolute Gasteiger partial charge is 0.490 e. The quantitative estimate of drug-likeness (QED) is 0.500. The molecular formula is C23H16FN3O. The van der Waals surface area contributed by atoms with Gasteiger partial charge in [0.15, 0.2) is 6.17 Å². The van der Waals surface area contributed by atoms with Crippen molar-refractivity contribution in [3.63, 3.8) is 0 Å². The Morgan fingerprint density at radius 3 is 1.96 bits per heavy atom. The van der Waals surface area contributed by atoms with Gasteiger partial charge in [0.2, 0.25) is 0 Å². The first-order chi connectivity index (χ1) is 13.7. The first kappa shape index (κ1) is 17.6. The summed E-state index contributed by atoms with van der Waals surface area (Å²) in [6, 6.07) is 24.1. The Labute approximate surface area is 161 Å². The fourth-order valence-corrected chi connectivity index (χ4v) is 3.39. The van der Waals surface area contributed by atoms with Gasteiger partial charge in [0.25, 0.3) is 0 Å². The number of fused-ring (bicyclic) bond motifs is 3. The van der Waals surface area contributed by atoms with E-state index in [9.17, 15) is 14.9 Å². The molecule has 0 aliphatic heterocycles. The van der Waals surface area contributed by atoms with Crippen molar-refractivity contribution < 1.29 is 9.13 Å². The van der Waals surface area contributed by atoms with Crippen LogP contribution in [0, 0.1) is 22.7 Å². The third-order valence-electron chi connectivity index (χ3n) is 4.68. The van der Waals surface area contributed by atoms with Crippen LogP contribution in [0.5, 0.6) is 5.75 Å². The Hall–Kier alpha value is -3.83. The maximum Gasteiger partial charge on any atom is 0.152 e. The van der Waals surface area contributed by atoms with Gasteiger partial charge in [-0.15, -0.1) is 0 Å². The molecule has 0 radical (unpaired) electrons. The van der Waals surface area contributed by atoms with Crippen LogP contribution in [-0.4, -0.2) is 17.3 Å². The first-order valence-electron chi connectivity index (χ1n) is 8.87. The monoisotopic (exact) mass is 369 g/mol. The number of hydrogen-bond acceptors (Lipinski definition) is 3. The topological polar surface area (TPSA) is 61.7 Å². The summed E-state index contributed by atoms with van der Waals surface area (Å²) in [5.41, 5.74) is 2.70.